The average Bonchev–Trinajstić information content (AvgIpc) is 2.19. The normalized spacial score (nSPS) is 25.1. The van der Waals surface area contributed by atoms with Gasteiger partial charge in [0.2, 0.25) is 0 Å². The molecule has 1 aliphatic carbocycles. The Morgan fingerprint density at radius 3 is 2.93 bits per heavy atom. The molecule has 1 atom stereocenters. The second-order valence-corrected chi connectivity index (χ2v) is 3.56. The maximum absolute atomic E-state index is 10.6. The van der Waals surface area contributed by atoms with Gasteiger partial charge in [-0.2, -0.15) is 5.26 Å². The molecule has 0 saturated heterocycles. The van der Waals surface area contributed by atoms with Gasteiger partial charge in [0.1, 0.15) is 5.70 Å². The van der Waals surface area contributed by atoms with E-state index in [2.05, 4.69) is 0 Å². The first-order valence-corrected chi connectivity index (χ1v) is 4.46. The Balaban J connectivity index is 2.84. The van der Waals surface area contributed by atoms with Crippen LogP contribution in [0.1, 0.15) is 19.3 Å². The molecule has 1 rings (SSSR count). The van der Waals surface area contributed by atoms with Crippen LogP contribution in [0, 0.1) is 21.4 Å². The Bertz CT molecular complexity index is 380. The quantitative estimate of drug-likeness (QED) is 0.513. The van der Waals surface area contributed by atoms with Gasteiger partial charge in [-0.25, -0.2) is 0 Å². The smallest absolute Gasteiger partial charge is 0.271 e. The zero-order chi connectivity index (χ0) is 11.5. The van der Waals surface area contributed by atoms with Crippen molar-refractivity contribution < 1.29 is 4.92 Å². The molecule has 0 bridgehead atoms. The van der Waals surface area contributed by atoms with Crippen LogP contribution in [0.3, 0.4) is 0 Å². The van der Waals surface area contributed by atoms with Crippen molar-refractivity contribution in [1.29, 1.82) is 5.26 Å². The van der Waals surface area contributed by atoms with Crippen LogP contribution in [-0.4, -0.2) is 10.5 Å². The van der Waals surface area contributed by atoms with Gasteiger partial charge >= 0.3 is 0 Å². The molecule has 4 N–H and O–H groups in total. The monoisotopic (exact) mass is 208 g/mol. The maximum atomic E-state index is 10.6. The Kier molecular flexibility index (Phi) is 3.07. The van der Waals surface area contributed by atoms with Gasteiger partial charge < -0.3 is 11.5 Å². The number of nitriles is 1. The van der Waals surface area contributed by atoms with Crippen molar-refractivity contribution in [2.45, 2.75) is 24.8 Å². The van der Waals surface area contributed by atoms with Gasteiger partial charge in [-0.1, -0.05) is 6.08 Å². The van der Waals surface area contributed by atoms with Crippen LogP contribution in [0.4, 0.5) is 0 Å². The van der Waals surface area contributed by atoms with Crippen molar-refractivity contribution in [2.24, 2.45) is 11.5 Å². The third-order valence-electron chi connectivity index (χ3n) is 2.35. The third-order valence-corrected chi connectivity index (χ3v) is 2.35. The highest BCUT2D eigenvalue weighted by Crippen LogP contribution is 2.27. The zero-order valence-electron chi connectivity index (χ0n) is 8.14. The predicted octanol–water partition coefficient (Wildman–Crippen LogP) is 0.395. The minimum Gasteiger partial charge on any atom is -0.393 e. The molecule has 0 aliphatic heterocycles. The minimum absolute atomic E-state index is 0.0714. The largest absolute Gasteiger partial charge is 0.393 e. The van der Waals surface area contributed by atoms with Gasteiger partial charge in [-0.05, 0) is 12.5 Å². The molecule has 1 aliphatic rings. The molecule has 0 spiro atoms. The van der Waals surface area contributed by atoms with E-state index < -0.39 is 10.5 Å². The topological polar surface area (TPSA) is 119 Å². The fourth-order valence-corrected chi connectivity index (χ4v) is 1.45. The first-order chi connectivity index (χ1) is 6.98. The summed E-state index contributed by atoms with van der Waals surface area (Å²) in [4.78, 5) is 10.1. The number of allylic oxidation sites excluding steroid dienone is 1. The molecule has 0 amide bonds. The molecular formula is C9H12N4O2. The number of nitrogens with zero attached hydrogens (tertiary/aromatic N) is 2. The van der Waals surface area contributed by atoms with Gasteiger partial charge in [-0.15, -0.1) is 0 Å². The molecule has 0 heterocycles. The lowest BCUT2D eigenvalue weighted by Gasteiger charge is -2.26. The summed E-state index contributed by atoms with van der Waals surface area (Å²) >= 11 is 0. The second kappa shape index (κ2) is 4.11. The van der Waals surface area contributed by atoms with E-state index in [1.807, 2.05) is 6.07 Å². The molecular weight excluding hydrogens is 196 g/mol. The summed E-state index contributed by atoms with van der Waals surface area (Å²) in [5.74, 6) is 0. The molecule has 0 saturated carbocycles. The van der Waals surface area contributed by atoms with Crippen LogP contribution in [0.2, 0.25) is 0 Å². The maximum Gasteiger partial charge on any atom is 0.271 e. The lowest BCUT2D eigenvalue weighted by molar-refractivity contribution is -0.430. The summed E-state index contributed by atoms with van der Waals surface area (Å²) in [6, 6.07) is 1.96. The number of rotatable bonds is 3. The van der Waals surface area contributed by atoms with E-state index in [0.29, 0.717) is 6.42 Å². The van der Waals surface area contributed by atoms with Crippen molar-refractivity contribution in [3.8, 4) is 6.07 Å². The van der Waals surface area contributed by atoms with Crippen LogP contribution in [0.25, 0.3) is 0 Å². The number of nitrogens with two attached hydrogens (primary N) is 2. The molecule has 0 aromatic rings. The molecule has 0 fully saturated rings. The highest BCUT2D eigenvalue weighted by Gasteiger charge is 2.32. The van der Waals surface area contributed by atoms with E-state index in [9.17, 15) is 10.1 Å². The van der Waals surface area contributed by atoms with E-state index in [-0.39, 0.29) is 24.2 Å². The summed E-state index contributed by atoms with van der Waals surface area (Å²) < 4.78 is 0. The van der Waals surface area contributed by atoms with Crippen molar-refractivity contribution in [1.82, 2.24) is 0 Å². The van der Waals surface area contributed by atoms with Gasteiger partial charge in [-0.3, -0.25) is 10.1 Å². The van der Waals surface area contributed by atoms with Crippen LogP contribution in [0.5, 0.6) is 0 Å². The molecule has 0 aromatic heterocycles. The lowest BCUT2D eigenvalue weighted by Crippen LogP contribution is -2.41. The minimum atomic E-state index is -0.818. The fourth-order valence-electron chi connectivity index (χ4n) is 1.45. The van der Waals surface area contributed by atoms with Crippen molar-refractivity contribution >= 4 is 0 Å². The second-order valence-electron chi connectivity index (χ2n) is 3.56. The van der Waals surface area contributed by atoms with Crippen LogP contribution < -0.4 is 11.5 Å². The zero-order valence-corrected chi connectivity index (χ0v) is 8.14. The van der Waals surface area contributed by atoms with Gasteiger partial charge in [0.15, 0.2) is 0 Å². The Hall–Kier alpha value is -1.87. The van der Waals surface area contributed by atoms with Crippen molar-refractivity contribution in [3.63, 3.8) is 0 Å². The lowest BCUT2D eigenvalue weighted by atomic mass is 9.85. The van der Waals surface area contributed by atoms with E-state index in [1.165, 1.54) is 6.08 Å². The molecule has 6 heteroatoms. The molecule has 15 heavy (non-hydrogen) atoms. The summed E-state index contributed by atoms with van der Waals surface area (Å²) in [5.41, 5.74) is 10.6. The van der Waals surface area contributed by atoms with Gasteiger partial charge in [0, 0.05) is 12.0 Å². The highest BCUT2D eigenvalue weighted by molar-refractivity contribution is 5.30. The van der Waals surface area contributed by atoms with E-state index in [0.717, 1.165) is 0 Å². The van der Waals surface area contributed by atoms with E-state index >= 15 is 0 Å². The van der Waals surface area contributed by atoms with E-state index in [1.54, 1.807) is 6.08 Å². The Morgan fingerprint density at radius 2 is 2.40 bits per heavy atom. The number of hydrogen-bond donors (Lipinski definition) is 2. The molecule has 0 aromatic carbocycles. The van der Waals surface area contributed by atoms with Gasteiger partial charge in [0.05, 0.1) is 17.4 Å². The van der Waals surface area contributed by atoms with Crippen molar-refractivity contribution in [2.75, 3.05) is 0 Å². The Morgan fingerprint density at radius 1 is 1.73 bits per heavy atom. The fraction of sp³-hybridized carbons (Fsp3) is 0.444. The first kappa shape index (κ1) is 11.2. The third kappa shape index (κ3) is 2.54. The van der Waals surface area contributed by atoms with Crippen LogP contribution in [0.15, 0.2) is 23.5 Å². The molecule has 0 radical (unpaired) electrons. The summed E-state index contributed by atoms with van der Waals surface area (Å²) in [7, 11) is 0. The van der Waals surface area contributed by atoms with Gasteiger partial charge in [0.25, 0.3) is 5.70 Å². The van der Waals surface area contributed by atoms with Crippen LogP contribution >= 0.6 is 0 Å². The standard InChI is InChI=1S/C9H12N4O2/c10-5-1-3-9(12)4-2-7(11)8(6-9)13(14)15/h2,4H,1,3,6,11-12H2. The average molecular weight is 208 g/mol. The molecule has 6 nitrogen and oxygen atoms in total. The molecule has 80 valence electrons. The Labute approximate surface area is 87.0 Å². The van der Waals surface area contributed by atoms with E-state index in [4.69, 9.17) is 16.7 Å². The number of nitro groups is 1. The summed E-state index contributed by atoms with van der Waals surface area (Å²) in [6.45, 7) is 0. The molecule has 1 unspecified atom stereocenters. The number of hydrogen-bond acceptors (Lipinski definition) is 5. The first-order valence-electron chi connectivity index (χ1n) is 4.46. The predicted molar refractivity (Wildman–Crippen MR) is 53.7 cm³/mol. The summed E-state index contributed by atoms with van der Waals surface area (Å²) in [6.07, 6.45) is 3.81. The highest BCUT2D eigenvalue weighted by atomic mass is 16.6. The SMILES string of the molecule is N#CCCC1(N)C=CC(N)=C([N+](=O)[O-])C1. The summed E-state index contributed by atoms with van der Waals surface area (Å²) in [5, 5.41) is 19.1. The van der Waals surface area contributed by atoms with Crippen LogP contribution in [-0.2, 0) is 0 Å². The van der Waals surface area contributed by atoms with Crippen molar-refractivity contribution in [3.05, 3.63) is 33.7 Å².